The van der Waals surface area contributed by atoms with Crippen molar-refractivity contribution in [1.82, 2.24) is 9.88 Å². The Hall–Kier alpha value is -4.30. The fraction of sp³-hybridized carbons (Fsp3) is 0.371. The summed E-state index contributed by atoms with van der Waals surface area (Å²) < 4.78 is 22.5. The van der Waals surface area contributed by atoms with Crippen molar-refractivity contribution in [3.05, 3.63) is 83.0 Å². The Morgan fingerprint density at radius 2 is 1.70 bits per heavy atom. The highest BCUT2D eigenvalue weighted by Crippen LogP contribution is 2.49. The van der Waals surface area contributed by atoms with Gasteiger partial charge in [-0.05, 0) is 97.8 Å². The van der Waals surface area contributed by atoms with Gasteiger partial charge in [0.1, 0.15) is 0 Å². The first-order valence-electron chi connectivity index (χ1n) is 14.9. The van der Waals surface area contributed by atoms with Gasteiger partial charge in [0.15, 0.2) is 23.0 Å². The van der Waals surface area contributed by atoms with Crippen molar-refractivity contribution in [2.75, 3.05) is 46.8 Å². The third-order valence-corrected chi connectivity index (χ3v) is 9.14. The predicted molar refractivity (Wildman–Crippen MR) is 168 cm³/mol. The molecule has 1 aliphatic heterocycles. The van der Waals surface area contributed by atoms with Crippen LogP contribution in [-0.2, 0) is 29.6 Å². The molecule has 224 valence electrons. The summed E-state index contributed by atoms with van der Waals surface area (Å²) in [6.45, 7) is 2.71. The van der Waals surface area contributed by atoms with E-state index in [-0.39, 0.29) is 5.91 Å². The van der Waals surface area contributed by atoms with Gasteiger partial charge in [0.05, 0.1) is 39.4 Å². The molecule has 4 aromatic rings. The van der Waals surface area contributed by atoms with E-state index in [9.17, 15) is 4.79 Å². The molecule has 8 heteroatoms. The molecule has 0 fully saturated rings. The molecule has 2 heterocycles. The third-order valence-electron chi connectivity index (χ3n) is 9.14. The maximum absolute atomic E-state index is 14.3. The highest BCUT2D eigenvalue weighted by atomic mass is 16.5. The zero-order valence-corrected chi connectivity index (χ0v) is 25.4. The van der Waals surface area contributed by atoms with Gasteiger partial charge >= 0.3 is 0 Å². The largest absolute Gasteiger partial charge is 0.493 e. The first-order valence-corrected chi connectivity index (χ1v) is 14.9. The molecule has 1 aromatic heterocycles. The van der Waals surface area contributed by atoms with Gasteiger partial charge in [0, 0.05) is 35.9 Å². The van der Waals surface area contributed by atoms with E-state index in [0.29, 0.717) is 12.2 Å². The van der Waals surface area contributed by atoms with Gasteiger partial charge < -0.3 is 24.3 Å². The number of nitrogens with one attached hydrogen (secondary N) is 1. The molecule has 1 atom stereocenters. The second kappa shape index (κ2) is 12.1. The van der Waals surface area contributed by atoms with E-state index in [1.165, 1.54) is 11.1 Å². The molecule has 8 nitrogen and oxygen atoms in total. The van der Waals surface area contributed by atoms with E-state index in [1.54, 1.807) is 34.6 Å². The van der Waals surface area contributed by atoms with Crippen LogP contribution in [0, 0.1) is 0 Å². The monoisotopic (exact) mass is 581 g/mol. The van der Waals surface area contributed by atoms with Gasteiger partial charge in [-0.3, -0.25) is 14.7 Å². The Morgan fingerprint density at radius 3 is 2.47 bits per heavy atom. The van der Waals surface area contributed by atoms with Crippen LogP contribution in [0.2, 0.25) is 0 Å². The number of nitrogens with zero attached hydrogens (tertiary/aromatic N) is 2. The van der Waals surface area contributed by atoms with Gasteiger partial charge in [-0.2, -0.15) is 0 Å². The highest BCUT2D eigenvalue weighted by molar-refractivity contribution is 6.01. The summed E-state index contributed by atoms with van der Waals surface area (Å²) in [4.78, 5) is 21.2. The maximum atomic E-state index is 14.3. The molecule has 0 bridgehead atoms. The lowest BCUT2D eigenvalue weighted by Crippen LogP contribution is -2.40. The first-order chi connectivity index (χ1) is 21.0. The number of pyridine rings is 1. The minimum atomic E-state index is -0.678. The highest BCUT2D eigenvalue weighted by Gasteiger charge is 2.46. The van der Waals surface area contributed by atoms with Gasteiger partial charge in [-0.25, -0.2) is 0 Å². The Balaban J connectivity index is 1.25. The minimum absolute atomic E-state index is 0.0162. The average molecular weight is 582 g/mol. The molecule has 3 aromatic carbocycles. The van der Waals surface area contributed by atoms with E-state index in [2.05, 4.69) is 33.4 Å². The molecule has 1 N–H and O–H groups in total. The topological polar surface area (TPSA) is 82.2 Å². The van der Waals surface area contributed by atoms with Crippen molar-refractivity contribution < 1.29 is 23.7 Å². The number of hydrogen-bond donors (Lipinski definition) is 1. The smallest absolute Gasteiger partial charge is 0.235 e. The third kappa shape index (κ3) is 5.36. The number of benzene rings is 3. The van der Waals surface area contributed by atoms with Gasteiger partial charge in [-0.15, -0.1) is 0 Å². The second-order valence-electron chi connectivity index (χ2n) is 11.4. The molecule has 0 radical (unpaired) electrons. The van der Waals surface area contributed by atoms with Crippen molar-refractivity contribution in [2.24, 2.45) is 0 Å². The number of hydrogen-bond acceptors (Lipinski definition) is 7. The van der Waals surface area contributed by atoms with E-state index in [1.807, 2.05) is 36.4 Å². The Morgan fingerprint density at radius 1 is 0.907 bits per heavy atom. The molecule has 0 saturated carbocycles. The molecule has 1 unspecified atom stereocenters. The van der Waals surface area contributed by atoms with E-state index < -0.39 is 5.41 Å². The first kappa shape index (κ1) is 28.8. The number of anilines is 1. The number of amides is 1. The Labute approximate surface area is 252 Å². The normalized spacial score (nSPS) is 17.7. The van der Waals surface area contributed by atoms with Gasteiger partial charge in [0.25, 0.3) is 0 Å². The van der Waals surface area contributed by atoms with Crippen LogP contribution in [-0.4, -0.2) is 57.3 Å². The fourth-order valence-corrected chi connectivity index (χ4v) is 6.91. The summed E-state index contributed by atoms with van der Waals surface area (Å²) >= 11 is 0. The molecule has 0 saturated heterocycles. The predicted octanol–water partition coefficient (Wildman–Crippen LogP) is 5.93. The zero-order chi connectivity index (χ0) is 30.0. The van der Waals surface area contributed by atoms with Crippen LogP contribution in [0.1, 0.15) is 41.5 Å². The van der Waals surface area contributed by atoms with Crippen molar-refractivity contribution in [1.29, 1.82) is 0 Å². The van der Waals surface area contributed by atoms with Crippen molar-refractivity contribution >= 4 is 22.5 Å². The lowest BCUT2D eigenvalue weighted by Gasteiger charge is -2.33. The van der Waals surface area contributed by atoms with E-state index in [0.717, 1.165) is 90.3 Å². The summed E-state index contributed by atoms with van der Waals surface area (Å²) in [7, 11) is 6.67. The van der Waals surface area contributed by atoms with Crippen molar-refractivity contribution in [3.63, 3.8) is 0 Å². The Kier molecular flexibility index (Phi) is 8.13. The Bertz CT molecular complexity index is 1650. The molecule has 1 aliphatic carbocycles. The van der Waals surface area contributed by atoms with Crippen molar-refractivity contribution in [2.45, 2.75) is 44.1 Å². The van der Waals surface area contributed by atoms with Crippen LogP contribution in [0.4, 0.5) is 5.69 Å². The number of methoxy groups -OCH3 is 4. The molecular formula is C35H39N3O5. The number of rotatable bonds is 10. The molecular weight excluding hydrogens is 542 g/mol. The zero-order valence-electron chi connectivity index (χ0n) is 25.4. The SMILES string of the molecule is COc1cc2c(cc1OC)CN(CCCC1(C(=O)Nc3ccc4ncccc4c3)CCc3c1ccc(OC)c3OC)CC2. The molecule has 1 amide bonds. The van der Waals surface area contributed by atoms with Gasteiger partial charge in [-0.1, -0.05) is 12.1 Å². The number of carbonyl (C=O) groups excluding carboxylic acids is 1. The van der Waals surface area contributed by atoms with Crippen LogP contribution in [0.15, 0.2) is 60.8 Å². The number of ether oxygens (including phenoxy) is 4. The number of fused-ring (bicyclic) bond motifs is 3. The maximum Gasteiger partial charge on any atom is 0.235 e. The second-order valence-corrected chi connectivity index (χ2v) is 11.4. The number of aromatic nitrogens is 1. The summed E-state index contributed by atoms with van der Waals surface area (Å²) in [5.74, 6) is 2.97. The summed E-state index contributed by atoms with van der Waals surface area (Å²) in [5.41, 5.74) is 5.67. The van der Waals surface area contributed by atoms with E-state index in [4.69, 9.17) is 18.9 Å². The van der Waals surface area contributed by atoms with Gasteiger partial charge in [0.2, 0.25) is 5.91 Å². The average Bonchev–Trinajstić information content (AvgIpc) is 3.43. The van der Waals surface area contributed by atoms with E-state index >= 15 is 0 Å². The number of carbonyl (C=O) groups is 1. The van der Waals surface area contributed by atoms with Crippen LogP contribution in [0.3, 0.4) is 0 Å². The van der Waals surface area contributed by atoms with Crippen LogP contribution >= 0.6 is 0 Å². The van der Waals surface area contributed by atoms with Crippen molar-refractivity contribution in [3.8, 4) is 23.0 Å². The lowest BCUT2D eigenvalue weighted by molar-refractivity contribution is -0.121. The molecule has 0 spiro atoms. The minimum Gasteiger partial charge on any atom is -0.493 e. The molecule has 2 aliphatic rings. The molecule has 6 rings (SSSR count). The lowest BCUT2D eigenvalue weighted by atomic mass is 9.76. The van der Waals surface area contributed by atoms with Crippen LogP contribution < -0.4 is 24.3 Å². The molecule has 43 heavy (non-hydrogen) atoms. The quantitative estimate of drug-likeness (QED) is 0.249. The van der Waals surface area contributed by atoms with Crippen LogP contribution in [0.5, 0.6) is 23.0 Å². The summed E-state index contributed by atoms with van der Waals surface area (Å²) in [6.07, 6.45) is 5.81. The summed E-state index contributed by atoms with van der Waals surface area (Å²) in [6, 6.07) is 18.0. The van der Waals surface area contributed by atoms with Crippen LogP contribution in [0.25, 0.3) is 10.9 Å². The summed E-state index contributed by atoms with van der Waals surface area (Å²) in [5, 5.41) is 4.26. The fourth-order valence-electron chi connectivity index (χ4n) is 6.91. The standard InChI is InChI=1S/C35H39N3O5/c1-40-30-11-9-28-27(33(30)43-4)12-15-35(28,34(39)37-26-8-10-29-24(19-26)7-5-16-36-29)14-6-17-38-18-13-23-20-31(41-2)32(42-3)21-25(23)22-38/h5,7-11,16,19-21H,6,12-15,17-18,22H2,1-4H3,(H,37,39).